The molecule has 21 heavy (non-hydrogen) atoms. The van der Waals surface area contributed by atoms with Crippen LogP contribution in [0.25, 0.3) is 0 Å². The quantitative estimate of drug-likeness (QED) is 0.858. The van der Waals surface area contributed by atoms with E-state index in [2.05, 4.69) is 0 Å². The van der Waals surface area contributed by atoms with Crippen LogP contribution in [0.3, 0.4) is 0 Å². The zero-order chi connectivity index (χ0) is 16.3. The van der Waals surface area contributed by atoms with Crippen LogP contribution in [0.4, 0.5) is 13.2 Å². The third-order valence-corrected chi connectivity index (χ3v) is 3.58. The Bertz CT molecular complexity index is 429. The van der Waals surface area contributed by atoms with Crippen molar-refractivity contribution in [1.29, 1.82) is 0 Å². The first-order valence-corrected chi connectivity index (χ1v) is 7.07. The van der Waals surface area contributed by atoms with Gasteiger partial charge in [0.05, 0.1) is 12.6 Å². The number of alkyl halides is 3. The molecule has 0 bridgehead atoms. The number of rotatable bonds is 6. The molecule has 0 radical (unpaired) electrons. The maximum absolute atomic E-state index is 12.7. The predicted octanol–water partition coefficient (Wildman–Crippen LogP) is 4.02. The van der Waals surface area contributed by atoms with Crippen LogP contribution in [-0.4, -0.2) is 35.3 Å². The minimum atomic E-state index is -4.24. The zero-order valence-corrected chi connectivity index (χ0v) is 13.0. The van der Waals surface area contributed by atoms with Gasteiger partial charge in [-0.25, -0.2) is 0 Å². The molecule has 0 heterocycles. The Kier molecular flexibility index (Phi) is 5.82. The summed E-state index contributed by atoms with van der Waals surface area (Å²) in [7, 11) is 0. The number of aliphatic hydroxyl groups excluding tert-OH is 1. The van der Waals surface area contributed by atoms with Gasteiger partial charge in [0.2, 0.25) is 0 Å². The lowest BCUT2D eigenvalue weighted by Crippen LogP contribution is -2.45. The van der Waals surface area contributed by atoms with E-state index in [4.69, 9.17) is 0 Å². The first-order chi connectivity index (χ1) is 9.53. The van der Waals surface area contributed by atoms with Gasteiger partial charge in [0, 0.05) is 18.0 Å². The molecule has 0 aliphatic heterocycles. The summed E-state index contributed by atoms with van der Waals surface area (Å²) in [5, 5.41) is 10.5. The molecule has 0 fully saturated rings. The molecular formula is C16H24F3NO. The van der Waals surface area contributed by atoms with Gasteiger partial charge < -0.3 is 5.11 Å². The zero-order valence-electron chi connectivity index (χ0n) is 13.0. The summed E-state index contributed by atoms with van der Waals surface area (Å²) < 4.78 is 38.0. The molecule has 1 rings (SSSR count). The largest absolute Gasteiger partial charge is 0.401 e. The number of nitrogens with zero attached hydrogens (tertiary/aromatic N) is 1. The highest BCUT2D eigenvalue weighted by molar-refractivity contribution is 5.19. The monoisotopic (exact) mass is 303 g/mol. The third-order valence-electron chi connectivity index (χ3n) is 3.58. The van der Waals surface area contributed by atoms with Gasteiger partial charge >= 0.3 is 6.18 Å². The topological polar surface area (TPSA) is 23.5 Å². The van der Waals surface area contributed by atoms with Gasteiger partial charge in [-0.3, -0.25) is 4.90 Å². The molecule has 0 spiro atoms. The van der Waals surface area contributed by atoms with Crippen molar-refractivity contribution < 1.29 is 18.3 Å². The van der Waals surface area contributed by atoms with Crippen LogP contribution in [0.5, 0.6) is 0 Å². The van der Waals surface area contributed by atoms with Crippen molar-refractivity contribution in [1.82, 2.24) is 4.90 Å². The smallest absolute Gasteiger partial charge is 0.388 e. The van der Waals surface area contributed by atoms with Gasteiger partial charge in [-0.05, 0) is 19.4 Å². The molecule has 0 aliphatic rings. The molecule has 0 amide bonds. The number of hydrogen-bond donors (Lipinski definition) is 1. The summed E-state index contributed by atoms with van der Waals surface area (Å²) in [6, 6.07) is 8.79. The predicted molar refractivity (Wildman–Crippen MR) is 77.9 cm³/mol. The lowest BCUT2D eigenvalue weighted by atomic mass is 9.82. The van der Waals surface area contributed by atoms with Crippen molar-refractivity contribution in [3.8, 4) is 0 Å². The molecule has 0 aliphatic carbocycles. The lowest BCUT2D eigenvalue weighted by Gasteiger charge is -2.38. The van der Waals surface area contributed by atoms with Crippen molar-refractivity contribution in [2.75, 3.05) is 13.1 Å². The number of halogens is 3. The fraction of sp³-hybridized carbons (Fsp3) is 0.625. The van der Waals surface area contributed by atoms with Crippen molar-refractivity contribution in [3.63, 3.8) is 0 Å². The van der Waals surface area contributed by atoms with Gasteiger partial charge in [0.1, 0.15) is 0 Å². The van der Waals surface area contributed by atoms with Crippen LogP contribution in [0.2, 0.25) is 0 Å². The summed E-state index contributed by atoms with van der Waals surface area (Å²) in [4.78, 5) is 1.35. The number of aliphatic hydroxyl groups is 1. The first-order valence-electron chi connectivity index (χ1n) is 7.07. The number of benzene rings is 1. The molecule has 1 aromatic rings. The molecule has 120 valence electrons. The lowest BCUT2D eigenvalue weighted by molar-refractivity contribution is -0.155. The second kappa shape index (κ2) is 6.79. The Balaban J connectivity index is 2.85. The normalized spacial score (nSPS) is 14.8. The van der Waals surface area contributed by atoms with E-state index in [-0.39, 0.29) is 12.6 Å². The SMILES string of the molecule is CC(C)N(CC(F)(F)F)CC(C)(C)C(O)c1ccccc1. The maximum atomic E-state index is 12.7. The Hall–Kier alpha value is -1.07. The Labute approximate surface area is 124 Å². The van der Waals surface area contributed by atoms with E-state index in [1.165, 1.54) is 4.90 Å². The minimum Gasteiger partial charge on any atom is -0.388 e. The van der Waals surface area contributed by atoms with Crippen LogP contribution in [-0.2, 0) is 0 Å². The fourth-order valence-corrected chi connectivity index (χ4v) is 2.35. The van der Waals surface area contributed by atoms with Gasteiger partial charge in [-0.15, -0.1) is 0 Å². The Morgan fingerprint density at radius 3 is 2.00 bits per heavy atom. The summed E-state index contributed by atoms with van der Waals surface area (Å²) >= 11 is 0. The molecule has 1 atom stereocenters. The van der Waals surface area contributed by atoms with E-state index in [0.717, 1.165) is 5.56 Å². The highest BCUT2D eigenvalue weighted by Crippen LogP contribution is 2.35. The molecule has 5 heteroatoms. The molecule has 0 saturated carbocycles. The van der Waals surface area contributed by atoms with E-state index in [1.54, 1.807) is 39.8 Å². The second-order valence-electron chi connectivity index (χ2n) is 6.42. The molecule has 0 saturated heterocycles. The highest BCUT2D eigenvalue weighted by atomic mass is 19.4. The summed E-state index contributed by atoms with van der Waals surface area (Å²) in [5.41, 5.74) is 0.0369. The van der Waals surface area contributed by atoms with Crippen LogP contribution >= 0.6 is 0 Å². The summed E-state index contributed by atoms with van der Waals surface area (Å²) in [6.07, 6.45) is -5.05. The van der Waals surface area contributed by atoms with Gasteiger partial charge in [-0.2, -0.15) is 13.2 Å². The van der Waals surface area contributed by atoms with E-state index in [1.807, 2.05) is 18.2 Å². The van der Waals surface area contributed by atoms with Crippen LogP contribution in [0.1, 0.15) is 39.4 Å². The van der Waals surface area contributed by atoms with E-state index in [0.29, 0.717) is 0 Å². The Morgan fingerprint density at radius 1 is 1.05 bits per heavy atom. The van der Waals surface area contributed by atoms with E-state index in [9.17, 15) is 18.3 Å². The number of hydrogen-bond acceptors (Lipinski definition) is 2. The van der Waals surface area contributed by atoms with E-state index >= 15 is 0 Å². The molecular weight excluding hydrogens is 279 g/mol. The van der Waals surface area contributed by atoms with Crippen molar-refractivity contribution in [3.05, 3.63) is 35.9 Å². The van der Waals surface area contributed by atoms with E-state index < -0.39 is 24.2 Å². The maximum Gasteiger partial charge on any atom is 0.401 e. The summed E-state index contributed by atoms with van der Waals surface area (Å²) in [6.45, 7) is 6.25. The van der Waals surface area contributed by atoms with Crippen molar-refractivity contribution in [2.24, 2.45) is 5.41 Å². The molecule has 1 unspecified atom stereocenters. The average molecular weight is 303 g/mol. The fourth-order valence-electron chi connectivity index (χ4n) is 2.35. The van der Waals surface area contributed by atoms with Crippen LogP contribution in [0, 0.1) is 5.41 Å². The summed E-state index contributed by atoms with van der Waals surface area (Å²) in [5.74, 6) is 0. The molecule has 2 nitrogen and oxygen atoms in total. The van der Waals surface area contributed by atoms with Crippen LogP contribution < -0.4 is 0 Å². The standard InChI is InChI=1S/C16H24F3NO/c1-12(2)20(11-16(17,18)19)10-15(3,4)14(21)13-8-6-5-7-9-13/h5-9,12,14,21H,10-11H2,1-4H3. The Morgan fingerprint density at radius 2 is 1.57 bits per heavy atom. The average Bonchev–Trinajstić information content (AvgIpc) is 2.36. The molecule has 1 N–H and O–H groups in total. The van der Waals surface area contributed by atoms with Crippen LogP contribution in [0.15, 0.2) is 30.3 Å². The third kappa shape index (κ3) is 5.67. The minimum absolute atomic E-state index is 0.167. The van der Waals surface area contributed by atoms with Gasteiger partial charge in [0.15, 0.2) is 0 Å². The van der Waals surface area contributed by atoms with Gasteiger partial charge in [-0.1, -0.05) is 44.2 Å². The van der Waals surface area contributed by atoms with Crippen molar-refractivity contribution in [2.45, 2.75) is 46.0 Å². The van der Waals surface area contributed by atoms with Gasteiger partial charge in [0.25, 0.3) is 0 Å². The first kappa shape index (κ1) is 18.0. The highest BCUT2D eigenvalue weighted by Gasteiger charge is 2.37. The molecule has 0 aromatic heterocycles. The molecule has 1 aromatic carbocycles. The second-order valence-corrected chi connectivity index (χ2v) is 6.42. The van der Waals surface area contributed by atoms with Crippen molar-refractivity contribution >= 4 is 0 Å².